The summed E-state index contributed by atoms with van der Waals surface area (Å²) in [5, 5.41) is 9.97. The van der Waals surface area contributed by atoms with Gasteiger partial charge >= 0.3 is 6.18 Å². The van der Waals surface area contributed by atoms with Gasteiger partial charge in [0.05, 0.1) is 23.6 Å². The van der Waals surface area contributed by atoms with Crippen LogP contribution in [0.2, 0.25) is 0 Å². The molecule has 10 heteroatoms. The number of fused-ring (bicyclic) bond motifs is 1. The molecule has 0 aliphatic heterocycles. The highest BCUT2D eigenvalue weighted by molar-refractivity contribution is 6.11. The largest absolute Gasteiger partial charge is 0.460 e. The quantitative estimate of drug-likeness (QED) is 0.373. The highest BCUT2D eigenvalue weighted by Crippen LogP contribution is 2.30. The molecule has 4 aromatic rings. The lowest BCUT2D eigenvalue weighted by Gasteiger charge is -2.12. The third kappa shape index (κ3) is 4.91. The third-order valence-electron chi connectivity index (χ3n) is 5.36. The lowest BCUT2D eigenvalue weighted by atomic mass is 10.0. The van der Waals surface area contributed by atoms with E-state index in [1.165, 1.54) is 0 Å². The fourth-order valence-electron chi connectivity index (χ4n) is 3.64. The molecular formula is C25H18F3N5O2. The molecule has 0 atom stereocenters. The van der Waals surface area contributed by atoms with Crippen LogP contribution in [0.1, 0.15) is 29.0 Å². The molecule has 1 aliphatic carbocycles. The van der Waals surface area contributed by atoms with Gasteiger partial charge in [0.2, 0.25) is 0 Å². The van der Waals surface area contributed by atoms with Gasteiger partial charge in [-0.15, -0.1) is 0 Å². The zero-order valence-electron chi connectivity index (χ0n) is 18.1. The number of hydrogen-bond donors (Lipinski definition) is 2. The van der Waals surface area contributed by atoms with E-state index < -0.39 is 17.8 Å². The van der Waals surface area contributed by atoms with Crippen molar-refractivity contribution in [1.82, 2.24) is 20.2 Å². The summed E-state index contributed by atoms with van der Waals surface area (Å²) in [4.78, 5) is 20.4. The number of nitrogens with zero attached hydrogens (tertiary/aromatic N) is 3. The molecule has 0 spiro atoms. The molecule has 1 amide bonds. The highest BCUT2D eigenvalue weighted by Gasteiger charge is 2.32. The van der Waals surface area contributed by atoms with Crippen molar-refractivity contribution in [3.05, 3.63) is 90.4 Å². The van der Waals surface area contributed by atoms with Crippen molar-refractivity contribution in [2.24, 2.45) is 0 Å². The Kier molecular flexibility index (Phi) is 5.77. The molecule has 5 rings (SSSR count). The summed E-state index contributed by atoms with van der Waals surface area (Å²) in [6.07, 6.45) is 7.41. The van der Waals surface area contributed by atoms with Crippen LogP contribution in [-0.4, -0.2) is 26.1 Å². The van der Waals surface area contributed by atoms with E-state index in [2.05, 4.69) is 31.6 Å². The van der Waals surface area contributed by atoms with Crippen molar-refractivity contribution < 1.29 is 22.7 Å². The monoisotopic (exact) mass is 477 g/mol. The van der Waals surface area contributed by atoms with E-state index in [-0.39, 0.29) is 11.4 Å². The Hall–Kier alpha value is -4.47. The first-order valence-corrected chi connectivity index (χ1v) is 10.7. The Morgan fingerprint density at radius 3 is 2.69 bits per heavy atom. The molecule has 0 fully saturated rings. The number of aromatic nitrogens is 4. The molecule has 0 saturated carbocycles. The van der Waals surface area contributed by atoms with Crippen LogP contribution in [0.25, 0.3) is 22.0 Å². The smallest absolute Gasteiger partial charge is 0.433 e. The second-order valence-electron chi connectivity index (χ2n) is 7.83. The summed E-state index contributed by atoms with van der Waals surface area (Å²) in [6.45, 7) is 0. The average molecular weight is 477 g/mol. The van der Waals surface area contributed by atoms with E-state index in [0.29, 0.717) is 16.7 Å². The SMILES string of the molecule is O=C(Nc1ccc(C(F)(F)F)nc1)c1n[nH]c2ccc(-c3cncc(OC4=CC=CCC4)c3)cc12. The number of H-pyrrole nitrogens is 1. The summed E-state index contributed by atoms with van der Waals surface area (Å²) in [5.74, 6) is 0.875. The van der Waals surface area contributed by atoms with Gasteiger partial charge in [-0.1, -0.05) is 18.2 Å². The van der Waals surface area contributed by atoms with Gasteiger partial charge in [-0.25, -0.2) is 4.98 Å². The van der Waals surface area contributed by atoms with Crippen LogP contribution >= 0.6 is 0 Å². The van der Waals surface area contributed by atoms with Gasteiger partial charge in [0.25, 0.3) is 5.91 Å². The Bertz CT molecular complexity index is 1460. The molecule has 7 nitrogen and oxygen atoms in total. The van der Waals surface area contributed by atoms with Gasteiger partial charge in [-0.05, 0) is 48.4 Å². The van der Waals surface area contributed by atoms with Gasteiger partial charge in [-0.2, -0.15) is 18.3 Å². The molecule has 176 valence electrons. The van der Waals surface area contributed by atoms with Gasteiger partial charge in [-0.3, -0.25) is 14.9 Å². The maximum absolute atomic E-state index is 12.8. The van der Waals surface area contributed by atoms with Gasteiger partial charge in [0.1, 0.15) is 17.2 Å². The van der Waals surface area contributed by atoms with Crippen LogP contribution in [0.3, 0.4) is 0 Å². The zero-order chi connectivity index (χ0) is 24.4. The number of amides is 1. The number of carbonyl (C=O) groups is 1. The Morgan fingerprint density at radius 1 is 1.06 bits per heavy atom. The van der Waals surface area contributed by atoms with E-state index in [4.69, 9.17) is 4.74 Å². The molecule has 0 bridgehead atoms. The maximum atomic E-state index is 12.8. The molecular weight excluding hydrogens is 459 g/mol. The number of halogens is 3. The zero-order valence-corrected chi connectivity index (χ0v) is 18.1. The van der Waals surface area contributed by atoms with Crippen molar-refractivity contribution in [3.8, 4) is 16.9 Å². The Labute approximate surface area is 197 Å². The second kappa shape index (κ2) is 9.05. The third-order valence-corrected chi connectivity index (χ3v) is 5.36. The normalized spacial score (nSPS) is 13.5. The number of carbonyl (C=O) groups excluding carboxylic acids is 1. The number of rotatable bonds is 5. The van der Waals surface area contributed by atoms with E-state index in [0.717, 1.165) is 48.1 Å². The van der Waals surface area contributed by atoms with E-state index in [1.807, 2.05) is 24.3 Å². The molecule has 0 radical (unpaired) electrons. The number of anilines is 1. The predicted molar refractivity (Wildman–Crippen MR) is 124 cm³/mol. The number of ether oxygens (including phenoxy) is 1. The lowest BCUT2D eigenvalue weighted by Crippen LogP contribution is -2.14. The molecule has 35 heavy (non-hydrogen) atoms. The van der Waals surface area contributed by atoms with Crippen molar-refractivity contribution >= 4 is 22.5 Å². The van der Waals surface area contributed by atoms with Crippen molar-refractivity contribution in [2.45, 2.75) is 19.0 Å². The lowest BCUT2D eigenvalue weighted by molar-refractivity contribution is -0.141. The summed E-state index contributed by atoms with van der Waals surface area (Å²) >= 11 is 0. The highest BCUT2D eigenvalue weighted by atomic mass is 19.4. The molecule has 1 aliphatic rings. The van der Waals surface area contributed by atoms with E-state index in [1.54, 1.807) is 24.5 Å². The van der Waals surface area contributed by atoms with Gasteiger partial charge in [0.15, 0.2) is 5.69 Å². The van der Waals surface area contributed by atoms with Crippen molar-refractivity contribution in [2.75, 3.05) is 5.32 Å². The maximum Gasteiger partial charge on any atom is 0.433 e. The first-order chi connectivity index (χ1) is 16.9. The molecule has 3 heterocycles. The van der Waals surface area contributed by atoms with Crippen LogP contribution < -0.4 is 10.1 Å². The van der Waals surface area contributed by atoms with Gasteiger partial charge in [0, 0.05) is 23.6 Å². The van der Waals surface area contributed by atoms with Crippen LogP contribution in [-0.2, 0) is 6.18 Å². The van der Waals surface area contributed by atoms with Gasteiger partial charge < -0.3 is 10.1 Å². The molecule has 0 saturated heterocycles. The number of aromatic amines is 1. The Balaban J connectivity index is 1.39. The van der Waals surface area contributed by atoms with Crippen LogP contribution in [0.5, 0.6) is 5.75 Å². The number of alkyl halides is 3. The second-order valence-corrected chi connectivity index (χ2v) is 7.83. The van der Waals surface area contributed by atoms with Crippen LogP contribution in [0, 0.1) is 0 Å². The Morgan fingerprint density at radius 2 is 1.94 bits per heavy atom. The fraction of sp³-hybridized carbons (Fsp3) is 0.120. The number of nitrogens with one attached hydrogen (secondary N) is 2. The minimum absolute atomic E-state index is 0.0984. The average Bonchev–Trinajstić information content (AvgIpc) is 3.28. The first-order valence-electron chi connectivity index (χ1n) is 10.7. The van der Waals surface area contributed by atoms with Crippen LogP contribution in [0.4, 0.5) is 18.9 Å². The molecule has 2 N–H and O–H groups in total. The van der Waals surface area contributed by atoms with Crippen molar-refractivity contribution in [3.63, 3.8) is 0 Å². The summed E-state index contributed by atoms with van der Waals surface area (Å²) in [6, 6.07) is 9.26. The number of hydrogen-bond acceptors (Lipinski definition) is 5. The summed E-state index contributed by atoms with van der Waals surface area (Å²) < 4.78 is 44.1. The number of pyridine rings is 2. The summed E-state index contributed by atoms with van der Waals surface area (Å²) in [5.41, 5.74) is 1.39. The van der Waals surface area contributed by atoms with Crippen LogP contribution in [0.15, 0.2) is 79.0 Å². The molecule has 1 aromatic carbocycles. The topological polar surface area (TPSA) is 92.8 Å². The summed E-state index contributed by atoms with van der Waals surface area (Å²) in [7, 11) is 0. The first kappa shape index (κ1) is 22.3. The van der Waals surface area contributed by atoms with Crippen molar-refractivity contribution in [1.29, 1.82) is 0 Å². The fourth-order valence-corrected chi connectivity index (χ4v) is 3.64. The number of benzene rings is 1. The van der Waals surface area contributed by atoms with E-state index >= 15 is 0 Å². The minimum Gasteiger partial charge on any atom is -0.460 e. The standard InChI is InChI=1S/C25H18F3N5O2/c26-25(27,28)22-9-7-17(13-30-22)31-24(34)23-20-11-15(6-8-21(20)32-33-23)16-10-19(14-29-12-16)35-18-4-2-1-3-5-18/h1-2,4,6-14H,3,5H2,(H,31,34)(H,32,33). The number of allylic oxidation sites excluding steroid dienone is 4. The van der Waals surface area contributed by atoms with E-state index in [9.17, 15) is 18.0 Å². The predicted octanol–water partition coefficient (Wildman–Crippen LogP) is 5.90. The molecule has 3 aromatic heterocycles. The molecule has 0 unspecified atom stereocenters. The minimum atomic E-state index is -4.56.